The number of ether oxygens (including phenoxy) is 1. The summed E-state index contributed by atoms with van der Waals surface area (Å²) in [6, 6.07) is 5.58. The summed E-state index contributed by atoms with van der Waals surface area (Å²) in [5, 5.41) is 0. The van der Waals surface area contributed by atoms with Crippen molar-refractivity contribution in [2.75, 3.05) is 33.3 Å². The van der Waals surface area contributed by atoms with Crippen LogP contribution in [-0.4, -0.2) is 55.1 Å². The molecule has 1 aromatic carbocycles. The molecule has 6 heteroatoms. The van der Waals surface area contributed by atoms with Gasteiger partial charge in [-0.25, -0.2) is 4.79 Å². The quantitative estimate of drug-likeness (QED) is 0.788. The molecule has 0 atom stereocenters. The highest BCUT2D eigenvalue weighted by Gasteiger charge is 2.25. The van der Waals surface area contributed by atoms with Crippen LogP contribution in [0.15, 0.2) is 22.7 Å². The highest BCUT2D eigenvalue weighted by Crippen LogP contribution is 2.19. The lowest BCUT2D eigenvalue weighted by molar-refractivity contribution is 0.0599. The molecule has 1 aliphatic heterocycles. The van der Waals surface area contributed by atoms with E-state index in [2.05, 4.69) is 20.7 Å². The molecule has 2 amide bonds. The van der Waals surface area contributed by atoms with Crippen molar-refractivity contribution in [3.63, 3.8) is 0 Å². The van der Waals surface area contributed by atoms with Crippen molar-refractivity contribution in [3.05, 3.63) is 33.8 Å². The predicted octanol–water partition coefficient (Wildman–Crippen LogP) is 2.28. The monoisotopic (exact) mass is 340 g/mol. The van der Waals surface area contributed by atoms with Gasteiger partial charge in [-0.05, 0) is 24.6 Å². The van der Waals surface area contributed by atoms with Gasteiger partial charge in [-0.2, -0.15) is 0 Å². The first-order valence-corrected chi connectivity index (χ1v) is 7.20. The normalized spacial score (nSPS) is 15.2. The summed E-state index contributed by atoms with van der Waals surface area (Å²) in [7, 11) is 1.36. The van der Waals surface area contributed by atoms with Crippen molar-refractivity contribution in [1.82, 2.24) is 9.80 Å². The van der Waals surface area contributed by atoms with Crippen LogP contribution in [-0.2, 0) is 4.74 Å². The summed E-state index contributed by atoms with van der Waals surface area (Å²) in [6.45, 7) is 4.04. The van der Waals surface area contributed by atoms with Crippen molar-refractivity contribution in [2.24, 2.45) is 0 Å². The maximum absolute atomic E-state index is 12.4. The van der Waals surface area contributed by atoms with Gasteiger partial charge >= 0.3 is 6.09 Å². The number of methoxy groups -OCH3 is 1. The number of rotatable bonds is 1. The van der Waals surface area contributed by atoms with Crippen molar-refractivity contribution < 1.29 is 14.3 Å². The maximum Gasteiger partial charge on any atom is 0.409 e. The molecule has 1 aliphatic rings. The van der Waals surface area contributed by atoms with Gasteiger partial charge in [0.1, 0.15) is 0 Å². The lowest BCUT2D eigenvalue weighted by atomic mass is 10.1. The molecule has 5 nitrogen and oxygen atoms in total. The van der Waals surface area contributed by atoms with Gasteiger partial charge in [0.25, 0.3) is 5.91 Å². The average Bonchev–Trinajstić information content (AvgIpc) is 2.48. The molecule has 0 N–H and O–H groups in total. The van der Waals surface area contributed by atoms with Gasteiger partial charge in [-0.15, -0.1) is 0 Å². The summed E-state index contributed by atoms with van der Waals surface area (Å²) in [5.41, 5.74) is 1.76. The second-order valence-electron chi connectivity index (χ2n) is 4.71. The first-order valence-electron chi connectivity index (χ1n) is 6.41. The van der Waals surface area contributed by atoms with Gasteiger partial charge in [0.05, 0.1) is 7.11 Å². The summed E-state index contributed by atoms with van der Waals surface area (Å²) in [4.78, 5) is 27.1. The number of piperazine rings is 1. The molecular weight excluding hydrogens is 324 g/mol. The molecule has 108 valence electrons. The second-order valence-corrected chi connectivity index (χ2v) is 5.57. The van der Waals surface area contributed by atoms with Gasteiger partial charge in [-0.3, -0.25) is 4.79 Å². The Kier molecular flexibility index (Phi) is 4.65. The SMILES string of the molecule is COC(=O)N1CCN(C(=O)c2ccc(C)c(Br)c2)CC1. The zero-order chi connectivity index (χ0) is 14.7. The van der Waals surface area contributed by atoms with E-state index >= 15 is 0 Å². The van der Waals surface area contributed by atoms with Crippen molar-refractivity contribution in [2.45, 2.75) is 6.92 Å². The third-order valence-electron chi connectivity index (χ3n) is 3.42. The number of halogens is 1. The molecule has 0 radical (unpaired) electrons. The molecule has 1 saturated heterocycles. The minimum Gasteiger partial charge on any atom is -0.453 e. The Bertz CT molecular complexity index is 525. The molecule has 20 heavy (non-hydrogen) atoms. The number of hydrogen-bond donors (Lipinski definition) is 0. The summed E-state index contributed by atoms with van der Waals surface area (Å²) in [6.07, 6.45) is -0.338. The average molecular weight is 341 g/mol. The number of nitrogens with zero attached hydrogens (tertiary/aromatic N) is 2. The van der Waals surface area contributed by atoms with Crippen LogP contribution >= 0.6 is 15.9 Å². The van der Waals surface area contributed by atoms with E-state index in [-0.39, 0.29) is 12.0 Å². The number of aryl methyl sites for hydroxylation is 1. The van der Waals surface area contributed by atoms with Gasteiger partial charge in [0, 0.05) is 36.2 Å². The van der Waals surface area contributed by atoms with E-state index in [9.17, 15) is 9.59 Å². The molecule has 0 unspecified atom stereocenters. The lowest BCUT2D eigenvalue weighted by Crippen LogP contribution is -2.50. The van der Waals surface area contributed by atoms with E-state index in [1.54, 1.807) is 9.80 Å². The molecule has 1 aromatic rings. The zero-order valence-electron chi connectivity index (χ0n) is 11.6. The molecule has 1 fully saturated rings. The van der Waals surface area contributed by atoms with Crippen LogP contribution in [0.2, 0.25) is 0 Å². The van der Waals surface area contributed by atoms with Gasteiger partial charge in [0.2, 0.25) is 0 Å². The smallest absolute Gasteiger partial charge is 0.409 e. The van der Waals surface area contributed by atoms with Crippen LogP contribution in [0.1, 0.15) is 15.9 Å². The molecule has 0 saturated carbocycles. The van der Waals surface area contributed by atoms with Crippen LogP contribution in [0.5, 0.6) is 0 Å². The van der Waals surface area contributed by atoms with Gasteiger partial charge in [0.15, 0.2) is 0 Å². The van der Waals surface area contributed by atoms with E-state index in [0.717, 1.165) is 10.0 Å². The van der Waals surface area contributed by atoms with Crippen LogP contribution in [0.25, 0.3) is 0 Å². The fourth-order valence-electron chi connectivity index (χ4n) is 2.13. The van der Waals surface area contributed by atoms with E-state index < -0.39 is 0 Å². The zero-order valence-corrected chi connectivity index (χ0v) is 13.1. The van der Waals surface area contributed by atoms with Gasteiger partial charge < -0.3 is 14.5 Å². The van der Waals surface area contributed by atoms with Gasteiger partial charge in [-0.1, -0.05) is 22.0 Å². The minimum atomic E-state index is -0.338. The molecule has 0 bridgehead atoms. The van der Waals surface area contributed by atoms with E-state index in [4.69, 9.17) is 0 Å². The third-order valence-corrected chi connectivity index (χ3v) is 4.27. The first kappa shape index (κ1) is 14.8. The Labute approximate surface area is 126 Å². The number of hydrogen-bond acceptors (Lipinski definition) is 3. The fraction of sp³-hybridized carbons (Fsp3) is 0.429. The van der Waals surface area contributed by atoms with E-state index in [1.807, 2.05) is 25.1 Å². The lowest BCUT2D eigenvalue weighted by Gasteiger charge is -2.33. The molecule has 0 spiro atoms. The van der Waals surface area contributed by atoms with Crippen LogP contribution < -0.4 is 0 Å². The summed E-state index contributed by atoms with van der Waals surface area (Å²) >= 11 is 3.44. The number of carbonyl (C=O) groups is 2. The molecule has 0 aliphatic carbocycles. The Morgan fingerprint density at radius 1 is 1.15 bits per heavy atom. The molecule has 0 aromatic heterocycles. The second kappa shape index (κ2) is 6.26. The highest BCUT2D eigenvalue weighted by atomic mass is 79.9. The standard InChI is InChI=1S/C14H17BrN2O3/c1-10-3-4-11(9-12(10)15)13(18)16-5-7-17(8-6-16)14(19)20-2/h3-4,9H,5-8H2,1-2H3. The molecular formula is C14H17BrN2O3. The van der Waals surface area contributed by atoms with E-state index in [0.29, 0.717) is 31.7 Å². The fourth-order valence-corrected chi connectivity index (χ4v) is 2.51. The Hall–Kier alpha value is -1.56. The number of carbonyl (C=O) groups excluding carboxylic acids is 2. The van der Waals surface area contributed by atoms with E-state index in [1.165, 1.54) is 7.11 Å². The minimum absolute atomic E-state index is 0.00443. The van der Waals surface area contributed by atoms with Crippen molar-refractivity contribution in [1.29, 1.82) is 0 Å². The Morgan fingerprint density at radius 3 is 2.30 bits per heavy atom. The highest BCUT2D eigenvalue weighted by molar-refractivity contribution is 9.10. The molecule has 2 rings (SSSR count). The maximum atomic E-state index is 12.4. The van der Waals surface area contributed by atoms with Crippen LogP contribution in [0.3, 0.4) is 0 Å². The predicted molar refractivity (Wildman–Crippen MR) is 78.8 cm³/mol. The topological polar surface area (TPSA) is 49.9 Å². The summed E-state index contributed by atoms with van der Waals surface area (Å²) < 4.78 is 5.60. The number of benzene rings is 1. The molecule has 1 heterocycles. The van der Waals surface area contributed by atoms with Crippen LogP contribution in [0.4, 0.5) is 4.79 Å². The Morgan fingerprint density at radius 2 is 1.75 bits per heavy atom. The van der Waals surface area contributed by atoms with Crippen LogP contribution in [0, 0.1) is 6.92 Å². The largest absolute Gasteiger partial charge is 0.453 e. The van der Waals surface area contributed by atoms with Crippen molar-refractivity contribution in [3.8, 4) is 0 Å². The first-order chi connectivity index (χ1) is 9.52. The third kappa shape index (κ3) is 3.12. The van der Waals surface area contributed by atoms with Crippen molar-refractivity contribution >= 4 is 27.9 Å². The summed E-state index contributed by atoms with van der Waals surface area (Å²) in [5.74, 6) is -0.00443. The Balaban J connectivity index is 2.01. The number of amides is 2.